The van der Waals surface area contributed by atoms with E-state index < -0.39 is 5.91 Å². The number of hydrogen-bond donors (Lipinski definition) is 2. The van der Waals surface area contributed by atoms with Crippen molar-refractivity contribution in [3.05, 3.63) is 35.9 Å². The van der Waals surface area contributed by atoms with E-state index in [1.807, 2.05) is 0 Å². The molecule has 0 unspecified atom stereocenters. The summed E-state index contributed by atoms with van der Waals surface area (Å²) in [5.74, 6) is -0.486. The Bertz CT molecular complexity index is 225. The minimum atomic E-state index is -0.486. The van der Waals surface area contributed by atoms with Crippen molar-refractivity contribution in [1.29, 1.82) is 0 Å². The molecule has 1 amide bonds. The molecular weight excluding hydrogens is 153 g/mol. The van der Waals surface area contributed by atoms with Crippen molar-refractivity contribution in [3.63, 3.8) is 0 Å². The van der Waals surface area contributed by atoms with Crippen molar-refractivity contribution >= 4 is 35.5 Å². The molecule has 0 saturated carbocycles. The first-order valence-corrected chi connectivity index (χ1v) is 2.84. The minimum absolute atomic E-state index is 0. The van der Waals surface area contributed by atoms with E-state index in [0.717, 1.165) is 0 Å². The van der Waals surface area contributed by atoms with E-state index in [-0.39, 0.29) is 29.6 Å². The fourth-order valence-corrected chi connectivity index (χ4v) is 0.654. The Morgan fingerprint density at radius 3 is 2.27 bits per heavy atom. The summed E-state index contributed by atoms with van der Waals surface area (Å²) in [4.78, 5) is 10.7. The molecule has 0 heterocycles. The summed E-state index contributed by atoms with van der Waals surface area (Å²) in [6.07, 6.45) is 0. The van der Waals surface area contributed by atoms with Crippen LogP contribution in [-0.4, -0.2) is 40.7 Å². The second-order valence-electron chi connectivity index (χ2n) is 1.81. The minimum Gasteiger partial charge on any atom is -0.288 e. The maximum absolute atomic E-state index is 10.7. The van der Waals surface area contributed by atoms with Crippen LogP contribution in [0.3, 0.4) is 0 Å². The number of carbonyl (C=O) groups excluding carboxylic acids is 1. The van der Waals surface area contributed by atoms with Gasteiger partial charge in [0.15, 0.2) is 0 Å². The van der Waals surface area contributed by atoms with Crippen LogP contribution in [0.4, 0.5) is 0 Å². The number of hydrogen-bond acceptors (Lipinski definition) is 2. The average molecular weight is 160 g/mol. The van der Waals surface area contributed by atoms with E-state index in [9.17, 15) is 4.79 Å². The molecule has 0 aromatic heterocycles. The zero-order valence-electron chi connectivity index (χ0n) is 6.24. The van der Waals surface area contributed by atoms with Gasteiger partial charge in [-0.1, -0.05) is 18.2 Å². The van der Waals surface area contributed by atoms with Gasteiger partial charge in [-0.3, -0.25) is 10.0 Å². The van der Waals surface area contributed by atoms with Crippen LogP contribution in [0.2, 0.25) is 0 Å². The number of hydroxylamine groups is 1. The monoisotopic (exact) mass is 160 g/mol. The average Bonchev–Trinajstić information content (AvgIpc) is 2.05. The van der Waals surface area contributed by atoms with Crippen LogP contribution in [-0.2, 0) is 0 Å². The van der Waals surface area contributed by atoms with Crippen LogP contribution >= 0.6 is 0 Å². The normalized spacial score (nSPS) is 8.09. The van der Waals surface area contributed by atoms with E-state index in [2.05, 4.69) is 0 Å². The van der Waals surface area contributed by atoms with Crippen LogP contribution in [0, 0.1) is 0 Å². The van der Waals surface area contributed by atoms with Gasteiger partial charge in [0, 0.05) is 35.1 Å². The molecule has 0 fully saturated rings. The van der Waals surface area contributed by atoms with Crippen molar-refractivity contribution in [2.24, 2.45) is 0 Å². The van der Waals surface area contributed by atoms with Crippen molar-refractivity contribution < 1.29 is 10.0 Å². The Balaban J connectivity index is 0.000001000. The molecule has 0 aliphatic rings. The molecule has 4 heteroatoms. The van der Waals surface area contributed by atoms with E-state index in [1.54, 1.807) is 35.8 Å². The summed E-state index contributed by atoms with van der Waals surface area (Å²) in [7, 11) is 0. The van der Waals surface area contributed by atoms with Gasteiger partial charge in [-0.2, -0.15) is 0 Å². The van der Waals surface area contributed by atoms with Gasteiger partial charge in [-0.15, -0.1) is 0 Å². The second-order valence-corrected chi connectivity index (χ2v) is 1.81. The third-order valence-corrected chi connectivity index (χ3v) is 1.14. The Kier molecular flexibility index (Phi) is 5.15. The molecule has 0 aliphatic heterocycles. The predicted octanol–water partition coefficient (Wildman–Crippen LogP) is 0.425. The van der Waals surface area contributed by atoms with E-state index in [1.165, 1.54) is 0 Å². The molecule has 1 aromatic rings. The number of rotatable bonds is 1. The van der Waals surface area contributed by atoms with Crippen molar-refractivity contribution in [1.82, 2.24) is 5.48 Å². The fraction of sp³-hybridized carbons (Fsp3) is 0. The van der Waals surface area contributed by atoms with Gasteiger partial charge >= 0.3 is 0 Å². The van der Waals surface area contributed by atoms with Crippen LogP contribution in [0.1, 0.15) is 10.4 Å². The summed E-state index contributed by atoms with van der Waals surface area (Å²) >= 11 is 0. The maximum atomic E-state index is 10.7. The molecule has 0 bridgehead atoms. The standard InChI is InChI=1S/C7H7NO2.Na/c9-7(8-10)6-4-2-1-3-5-6;/h1-5,10H,(H,8,9);. The summed E-state index contributed by atoms with van der Waals surface area (Å²) in [5.41, 5.74) is 1.99. The molecule has 1 aromatic carbocycles. The van der Waals surface area contributed by atoms with E-state index in [0.29, 0.717) is 5.56 Å². The first-order valence-electron chi connectivity index (χ1n) is 2.84. The number of nitrogens with one attached hydrogen (secondary N) is 1. The van der Waals surface area contributed by atoms with E-state index >= 15 is 0 Å². The summed E-state index contributed by atoms with van der Waals surface area (Å²) in [5, 5.41) is 8.19. The zero-order valence-corrected chi connectivity index (χ0v) is 8.24. The Morgan fingerprint density at radius 1 is 1.27 bits per heavy atom. The van der Waals surface area contributed by atoms with Crippen LogP contribution < -0.4 is 5.48 Å². The first-order chi connectivity index (χ1) is 4.84. The SMILES string of the molecule is O=C(NO)c1ccccc1.[Na]. The quantitative estimate of drug-likeness (QED) is 0.355. The van der Waals surface area contributed by atoms with Crippen LogP contribution in [0.5, 0.6) is 0 Å². The number of benzene rings is 1. The molecule has 0 atom stereocenters. The van der Waals surface area contributed by atoms with Gasteiger partial charge < -0.3 is 0 Å². The van der Waals surface area contributed by atoms with Gasteiger partial charge in [-0.05, 0) is 12.1 Å². The van der Waals surface area contributed by atoms with Gasteiger partial charge in [0.05, 0.1) is 0 Å². The third-order valence-electron chi connectivity index (χ3n) is 1.14. The Labute approximate surface area is 86.7 Å². The molecule has 1 radical (unpaired) electrons. The molecule has 1 rings (SSSR count). The topological polar surface area (TPSA) is 49.3 Å². The molecular formula is C7H7NNaO2. The Hall–Kier alpha value is -0.350. The fourth-order valence-electron chi connectivity index (χ4n) is 0.654. The summed E-state index contributed by atoms with van der Waals surface area (Å²) < 4.78 is 0. The third kappa shape index (κ3) is 3.03. The molecule has 53 valence electrons. The molecule has 11 heavy (non-hydrogen) atoms. The second kappa shape index (κ2) is 5.32. The zero-order chi connectivity index (χ0) is 7.40. The van der Waals surface area contributed by atoms with Gasteiger partial charge in [0.1, 0.15) is 0 Å². The first kappa shape index (κ1) is 10.7. The van der Waals surface area contributed by atoms with Crippen molar-refractivity contribution in [3.8, 4) is 0 Å². The Morgan fingerprint density at radius 2 is 1.82 bits per heavy atom. The molecule has 2 N–H and O–H groups in total. The summed E-state index contributed by atoms with van der Waals surface area (Å²) in [6, 6.07) is 8.49. The van der Waals surface area contributed by atoms with Gasteiger partial charge in [0.2, 0.25) is 0 Å². The largest absolute Gasteiger partial charge is 0.288 e. The van der Waals surface area contributed by atoms with Crippen molar-refractivity contribution in [2.45, 2.75) is 0 Å². The summed E-state index contributed by atoms with van der Waals surface area (Å²) in [6.45, 7) is 0. The number of carbonyl (C=O) groups is 1. The molecule has 0 saturated heterocycles. The van der Waals surface area contributed by atoms with E-state index in [4.69, 9.17) is 5.21 Å². The van der Waals surface area contributed by atoms with Crippen LogP contribution in [0.15, 0.2) is 30.3 Å². The van der Waals surface area contributed by atoms with Gasteiger partial charge in [-0.25, -0.2) is 5.48 Å². The van der Waals surface area contributed by atoms with Crippen molar-refractivity contribution in [2.75, 3.05) is 0 Å². The molecule has 0 aliphatic carbocycles. The van der Waals surface area contributed by atoms with Gasteiger partial charge in [0.25, 0.3) is 5.91 Å². The molecule has 0 spiro atoms. The maximum Gasteiger partial charge on any atom is 0.274 e. The smallest absolute Gasteiger partial charge is 0.274 e. The molecule has 3 nitrogen and oxygen atoms in total. The predicted molar refractivity (Wildman–Crippen MR) is 41.4 cm³/mol. The van der Waals surface area contributed by atoms with Crippen LogP contribution in [0.25, 0.3) is 0 Å². The number of amides is 1.